The summed E-state index contributed by atoms with van der Waals surface area (Å²) in [6.45, 7) is 0. The number of pyridine rings is 1. The normalized spacial score (nSPS) is 10.3. The molecule has 2 rings (SSSR count). The number of hydrogen-bond donors (Lipinski definition) is 2. The molecule has 1 amide bonds. The smallest absolute Gasteiger partial charge is 0.265 e. The highest BCUT2D eigenvalue weighted by Crippen LogP contribution is 2.20. The SMILES string of the molecule is NNC(=O)c1ccnc2cc(Br)ccc12. The minimum atomic E-state index is -0.315. The summed E-state index contributed by atoms with van der Waals surface area (Å²) in [5.74, 6) is 4.78. The number of halogens is 1. The molecule has 1 heterocycles. The van der Waals surface area contributed by atoms with Crippen molar-refractivity contribution < 1.29 is 4.79 Å². The number of aromatic nitrogens is 1. The molecule has 1 aromatic heterocycles. The van der Waals surface area contributed by atoms with Crippen molar-refractivity contribution in [2.24, 2.45) is 5.84 Å². The molecule has 15 heavy (non-hydrogen) atoms. The third-order valence-electron chi connectivity index (χ3n) is 2.08. The van der Waals surface area contributed by atoms with Gasteiger partial charge in [-0.2, -0.15) is 0 Å². The summed E-state index contributed by atoms with van der Waals surface area (Å²) in [7, 11) is 0. The lowest BCUT2D eigenvalue weighted by molar-refractivity contribution is 0.0955. The summed E-state index contributed by atoms with van der Waals surface area (Å²) in [4.78, 5) is 15.6. The van der Waals surface area contributed by atoms with Crippen LogP contribution in [0.1, 0.15) is 10.4 Å². The third kappa shape index (κ3) is 1.84. The Morgan fingerprint density at radius 2 is 2.20 bits per heavy atom. The summed E-state index contributed by atoms with van der Waals surface area (Å²) in [5, 5.41) is 0.781. The molecule has 0 unspecified atom stereocenters. The quantitative estimate of drug-likeness (QED) is 0.468. The maximum Gasteiger partial charge on any atom is 0.265 e. The van der Waals surface area contributed by atoms with Crippen molar-refractivity contribution in [3.8, 4) is 0 Å². The van der Waals surface area contributed by atoms with Gasteiger partial charge in [0, 0.05) is 16.1 Å². The van der Waals surface area contributed by atoms with Gasteiger partial charge in [0.15, 0.2) is 0 Å². The fourth-order valence-electron chi connectivity index (χ4n) is 1.40. The van der Waals surface area contributed by atoms with E-state index in [0.717, 1.165) is 15.4 Å². The van der Waals surface area contributed by atoms with Crippen LogP contribution in [0.15, 0.2) is 34.9 Å². The lowest BCUT2D eigenvalue weighted by atomic mass is 10.1. The van der Waals surface area contributed by atoms with Crippen LogP contribution in [-0.2, 0) is 0 Å². The number of hydrogen-bond acceptors (Lipinski definition) is 3. The zero-order chi connectivity index (χ0) is 10.8. The third-order valence-corrected chi connectivity index (χ3v) is 2.57. The van der Waals surface area contributed by atoms with E-state index < -0.39 is 0 Å². The Morgan fingerprint density at radius 1 is 1.40 bits per heavy atom. The van der Waals surface area contributed by atoms with Crippen LogP contribution in [0.5, 0.6) is 0 Å². The first kappa shape index (κ1) is 10.1. The van der Waals surface area contributed by atoms with Crippen LogP contribution >= 0.6 is 15.9 Å². The van der Waals surface area contributed by atoms with Gasteiger partial charge in [0.1, 0.15) is 0 Å². The standard InChI is InChI=1S/C10H8BrN3O/c11-6-1-2-7-8(10(15)14-12)3-4-13-9(7)5-6/h1-5H,12H2,(H,14,15). The number of amides is 1. The van der Waals surface area contributed by atoms with E-state index in [0.29, 0.717) is 5.56 Å². The Labute approximate surface area is 94.6 Å². The Kier molecular flexibility index (Phi) is 2.66. The van der Waals surface area contributed by atoms with Crippen LogP contribution in [0.4, 0.5) is 0 Å². The van der Waals surface area contributed by atoms with Gasteiger partial charge < -0.3 is 0 Å². The number of nitrogen functional groups attached to an aromatic ring is 1. The van der Waals surface area contributed by atoms with E-state index in [1.807, 2.05) is 18.2 Å². The summed E-state index contributed by atoms with van der Waals surface area (Å²) in [6, 6.07) is 7.18. The van der Waals surface area contributed by atoms with Crippen molar-refractivity contribution in [2.45, 2.75) is 0 Å². The van der Waals surface area contributed by atoms with Gasteiger partial charge in [0.25, 0.3) is 5.91 Å². The van der Waals surface area contributed by atoms with Gasteiger partial charge in [-0.15, -0.1) is 0 Å². The molecule has 0 radical (unpaired) electrons. The fourth-order valence-corrected chi connectivity index (χ4v) is 1.75. The largest absolute Gasteiger partial charge is 0.290 e. The van der Waals surface area contributed by atoms with E-state index in [2.05, 4.69) is 26.3 Å². The number of rotatable bonds is 1. The molecule has 0 bridgehead atoms. The molecule has 0 atom stereocenters. The first-order chi connectivity index (χ1) is 7.22. The van der Waals surface area contributed by atoms with Crippen LogP contribution in [0, 0.1) is 0 Å². The number of benzene rings is 1. The molecular weight excluding hydrogens is 258 g/mol. The fraction of sp³-hybridized carbons (Fsp3) is 0. The molecule has 0 spiro atoms. The zero-order valence-corrected chi connectivity index (χ0v) is 9.28. The first-order valence-electron chi connectivity index (χ1n) is 4.27. The van der Waals surface area contributed by atoms with Gasteiger partial charge in [-0.3, -0.25) is 15.2 Å². The number of nitrogens with two attached hydrogens (primary N) is 1. The summed E-state index contributed by atoms with van der Waals surface area (Å²) < 4.78 is 0.924. The second-order valence-electron chi connectivity index (χ2n) is 2.99. The van der Waals surface area contributed by atoms with Crippen molar-refractivity contribution in [2.75, 3.05) is 0 Å². The van der Waals surface area contributed by atoms with Gasteiger partial charge in [-0.05, 0) is 18.2 Å². The average molecular weight is 266 g/mol. The van der Waals surface area contributed by atoms with Gasteiger partial charge in [0.05, 0.1) is 11.1 Å². The Morgan fingerprint density at radius 3 is 2.93 bits per heavy atom. The molecule has 0 aliphatic rings. The number of carbonyl (C=O) groups is 1. The molecular formula is C10H8BrN3O. The van der Waals surface area contributed by atoms with Crippen LogP contribution in [0.3, 0.4) is 0 Å². The van der Waals surface area contributed by atoms with E-state index in [4.69, 9.17) is 5.84 Å². The van der Waals surface area contributed by atoms with Crippen LogP contribution in [0.25, 0.3) is 10.9 Å². The minimum Gasteiger partial charge on any atom is -0.290 e. The van der Waals surface area contributed by atoms with Crippen molar-refractivity contribution >= 4 is 32.7 Å². The van der Waals surface area contributed by atoms with Crippen LogP contribution < -0.4 is 11.3 Å². The summed E-state index contributed by atoms with van der Waals surface area (Å²) >= 11 is 3.35. The van der Waals surface area contributed by atoms with Gasteiger partial charge >= 0.3 is 0 Å². The molecule has 1 aromatic carbocycles. The Hall–Kier alpha value is -1.46. The maximum absolute atomic E-state index is 11.4. The van der Waals surface area contributed by atoms with Crippen molar-refractivity contribution in [3.05, 3.63) is 40.5 Å². The van der Waals surface area contributed by atoms with E-state index in [-0.39, 0.29) is 5.91 Å². The topological polar surface area (TPSA) is 68.0 Å². The molecule has 0 saturated carbocycles. The molecule has 0 aliphatic carbocycles. The second kappa shape index (κ2) is 3.96. The number of hydrazine groups is 1. The second-order valence-corrected chi connectivity index (χ2v) is 3.91. The molecule has 0 saturated heterocycles. The number of nitrogens with zero attached hydrogens (tertiary/aromatic N) is 1. The molecule has 0 fully saturated rings. The number of carbonyl (C=O) groups excluding carboxylic acids is 1. The number of nitrogens with one attached hydrogen (secondary N) is 1. The average Bonchev–Trinajstić information content (AvgIpc) is 2.26. The molecule has 2 aromatic rings. The lowest BCUT2D eigenvalue weighted by Gasteiger charge is -2.04. The van der Waals surface area contributed by atoms with E-state index in [9.17, 15) is 4.79 Å². The minimum absolute atomic E-state index is 0.315. The lowest BCUT2D eigenvalue weighted by Crippen LogP contribution is -2.30. The van der Waals surface area contributed by atoms with Gasteiger partial charge in [-0.1, -0.05) is 22.0 Å². The van der Waals surface area contributed by atoms with Gasteiger partial charge in [-0.25, -0.2) is 5.84 Å². The highest BCUT2D eigenvalue weighted by atomic mass is 79.9. The van der Waals surface area contributed by atoms with Crippen molar-refractivity contribution in [1.82, 2.24) is 10.4 Å². The van der Waals surface area contributed by atoms with Crippen LogP contribution in [0.2, 0.25) is 0 Å². The van der Waals surface area contributed by atoms with Gasteiger partial charge in [0.2, 0.25) is 0 Å². The first-order valence-corrected chi connectivity index (χ1v) is 5.07. The number of fused-ring (bicyclic) bond motifs is 1. The van der Waals surface area contributed by atoms with E-state index >= 15 is 0 Å². The van der Waals surface area contributed by atoms with Crippen molar-refractivity contribution in [3.63, 3.8) is 0 Å². The maximum atomic E-state index is 11.4. The highest BCUT2D eigenvalue weighted by molar-refractivity contribution is 9.10. The predicted molar refractivity (Wildman–Crippen MR) is 61.1 cm³/mol. The Bertz CT molecular complexity index is 527. The zero-order valence-electron chi connectivity index (χ0n) is 7.70. The molecule has 4 nitrogen and oxygen atoms in total. The molecule has 3 N–H and O–H groups in total. The van der Waals surface area contributed by atoms with E-state index in [1.165, 1.54) is 0 Å². The Balaban J connectivity index is 2.71. The highest BCUT2D eigenvalue weighted by Gasteiger charge is 2.08. The molecule has 76 valence electrons. The summed E-state index contributed by atoms with van der Waals surface area (Å²) in [5.41, 5.74) is 3.39. The summed E-state index contributed by atoms with van der Waals surface area (Å²) in [6.07, 6.45) is 1.58. The van der Waals surface area contributed by atoms with E-state index in [1.54, 1.807) is 12.3 Å². The van der Waals surface area contributed by atoms with Crippen LogP contribution in [-0.4, -0.2) is 10.9 Å². The monoisotopic (exact) mass is 265 g/mol. The molecule has 5 heteroatoms. The molecule has 0 aliphatic heterocycles. The van der Waals surface area contributed by atoms with Crippen molar-refractivity contribution in [1.29, 1.82) is 0 Å². The predicted octanol–water partition coefficient (Wildman–Crippen LogP) is 1.60.